The van der Waals surface area contributed by atoms with Crippen molar-refractivity contribution in [2.24, 2.45) is 17.3 Å². The zero-order valence-electron chi connectivity index (χ0n) is 11.0. The first kappa shape index (κ1) is 12.4. The van der Waals surface area contributed by atoms with E-state index in [0.29, 0.717) is 5.41 Å². The van der Waals surface area contributed by atoms with Gasteiger partial charge in [-0.3, -0.25) is 0 Å². The zero-order valence-corrected chi connectivity index (χ0v) is 11.0. The van der Waals surface area contributed by atoms with Gasteiger partial charge in [0, 0.05) is 6.54 Å². The Labute approximate surface area is 101 Å². The molecule has 2 N–H and O–H groups in total. The van der Waals surface area contributed by atoms with Crippen molar-refractivity contribution in [3.05, 3.63) is 0 Å². The number of rotatable bonds is 6. The van der Waals surface area contributed by atoms with Crippen LogP contribution >= 0.6 is 0 Å². The molecule has 0 spiro atoms. The Morgan fingerprint density at radius 1 is 1.31 bits per heavy atom. The predicted octanol–water partition coefficient (Wildman–Crippen LogP) is 2.40. The van der Waals surface area contributed by atoms with Gasteiger partial charge in [0.15, 0.2) is 0 Å². The van der Waals surface area contributed by atoms with Gasteiger partial charge in [0.25, 0.3) is 0 Å². The normalized spacial score (nSPS) is 26.6. The van der Waals surface area contributed by atoms with Gasteiger partial charge in [0.05, 0.1) is 0 Å². The van der Waals surface area contributed by atoms with E-state index in [-0.39, 0.29) is 0 Å². The lowest BCUT2D eigenvalue weighted by Gasteiger charge is -2.37. The standard InChI is InChI=1S/C14H28N2/c1-3-14(6-8-15-9-7-14)11-16-10-12(2)13-4-5-13/h12-13,15-16H,3-11H2,1-2H3. The van der Waals surface area contributed by atoms with Gasteiger partial charge in [0.2, 0.25) is 0 Å². The predicted molar refractivity (Wildman–Crippen MR) is 69.6 cm³/mol. The van der Waals surface area contributed by atoms with Crippen LogP contribution in [0.25, 0.3) is 0 Å². The molecule has 1 atom stereocenters. The first-order valence-corrected chi connectivity index (χ1v) is 7.17. The minimum Gasteiger partial charge on any atom is -0.317 e. The summed E-state index contributed by atoms with van der Waals surface area (Å²) in [6, 6.07) is 0. The van der Waals surface area contributed by atoms with Crippen LogP contribution in [0.1, 0.15) is 46.0 Å². The summed E-state index contributed by atoms with van der Waals surface area (Å²) in [5.74, 6) is 1.94. The van der Waals surface area contributed by atoms with Gasteiger partial charge >= 0.3 is 0 Å². The van der Waals surface area contributed by atoms with Crippen LogP contribution in [0.2, 0.25) is 0 Å². The molecule has 2 heteroatoms. The molecule has 2 rings (SSSR count). The molecule has 1 heterocycles. The van der Waals surface area contributed by atoms with Crippen LogP contribution in [-0.4, -0.2) is 26.2 Å². The summed E-state index contributed by atoms with van der Waals surface area (Å²) < 4.78 is 0. The molecule has 0 aromatic carbocycles. The molecule has 1 aliphatic heterocycles. The van der Waals surface area contributed by atoms with E-state index in [9.17, 15) is 0 Å². The molecule has 0 bridgehead atoms. The molecule has 2 nitrogen and oxygen atoms in total. The smallest absolute Gasteiger partial charge is 0.000877 e. The summed E-state index contributed by atoms with van der Waals surface area (Å²) in [6.07, 6.45) is 7.00. The Morgan fingerprint density at radius 2 is 2.00 bits per heavy atom. The largest absolute Gasteiger partial charge is 0.317 e. The van der Waals surface area contributed by atoms with Crippen molar-refractivity contribution < 1.29 is 0 Å². The third-order valence-electron chi connectivity index (χ3n) is 4.81. The van der Waals surface area contributed by atoms with Gasteiger partial charge in [0.1, 0.15) is 0 Å². The molecule has 2 fully saturated rings. The van der Waals surface area contributed by atoms with E-state index >= 15 is 0 Å². The van der Waals surface area contributed by atoms with Crippen molar-refractivity contribution >= 4 is 0 Å². The second-order valence-corrected chi connectivity index (χ2v) is 6.05. The third kappa shape index (κ3) is 3.21. The van der Waals surface area contributed by atoms with E-state index in [1.165, 1.54) is 58.3 Å². The Morgan fingerprint density at radius 3 is 2.56 bits per heavy atom. The second-order valence-electron chi connectivity index (χ2n) is 6.05. The van der Waals surface area contributed by atoms with Crippen LogP contribution in [0.3, 0.4) is 0 Å². The monoisotopic (exact) mass is 224 g/mol. The average molecular weight is 224 g/mol. The number of piperidine rings is 1. The molecule has 1 unspecified atom stereocenters. The van der Waals surface area contributed by atoms with Crippen molar-refractivity contribution in [2.45, 2.75) is 46.0 Å². The van der Waals surface area contributed by atoms with E-state index in [1.807, 2.05) is 0 Å². The van der Waals surface area contributed by atoms with Crippen LogP contribution in [-0.2, 0) is 0 Å². The topological polar surface area (TPSA) is 24.1 Å². The van der Waals surface area contributed by atoms with E-state index in [1.54, 1.807) is 0 Å². The maximum absolute atomic E-state index is 3.74. The molecule has 94 valence electrons. The van der Waals surface area contributed by atoms with Gasteiger partial charge in [-0.1, -0.05) is 13.8 Å². The molecular formula is C14H28N2. The minimum absolute atomic E-state index is 0.592. The van der Waals surface area contributed by atoms with E-state index < -0.39 is 0 Å². The van der Waals surface area contributed by atoms with Crippen LogP contribution < -0.4 is 10.6 Å². The highest BCUT2D eigenvalue weighted by Crippen LogP contribution is 2.36. The first-order valence-electron chi connectivity index (χ1n) is 7.17. The third-order valence-corrected chi connectivity index (χ3v) is 4.81. The summed E-state index contributed by atoms with van der Waals surface area (Å²) in [5, 5.41) is 7.21. The molecule has 1 aliphatic carbocycles. The second kappa shape index (κ2) is 5.50. The average Bonchev–Trinajstić information content (AvgIpc) is 3.14. The number of hydrogen-bond donors (Lipinski definition) is 2. The molecule has 1 saturated carbocycles. The quantitative estimate of drug-likeness (QED) is 0.724. The Hall–Kier alpha value is -0.0800. The van der Waals surface area contributed by atoms with Crippen molar-refractivity contribution in [3.63, 3.8) is 0 Å². The van der Waals surface area contributed by atoms with Crippen molar-refractivity contribution in [1.82, 2.24) is 10.6 Å². The molecule has 1 saturated heterocycles. The molecule has 16 heavy (non-hydrogen) atoms. The summed E-state index contributed by atoms with van der Waals surface area (Å²) >= 11 is 0. The SMILES string of the molecule is CCC1(CNCC(C)C2CC2)CCNCC1. The van der Waals surface area contributed by atoms with Crippen LogP contribution in [0.4, 0.5) is 0 Å². The van der Waals surface area contributed by atoms with Gasteiger partial charge in [-0.2, -0.15) is 0 Å². The summed E-state index contributed by atoms with van der Waals surface area (Å²) in [6.45, 7) is 9.67. The lowest BCUT2D eigenvalue weighted by atomic mass is 9.76. The van der Waals surface area contributed by atoms with Crippen molar-refractivity contribution in [3.8, 4) is 0 Å². The van der Waals surface area contributed by atoms with Crippen LogP contribution in [0.5, 0.6) is 0 Å². The highest BCUT2D eigenvalue weighted by molar-refractivity contribution is 4.86. The Kier molecular flexibility index (Phi) is 4.26. The van der Waals surface area contributed by atoms with E-state index in [2.05, 4.69) is 24.5 Å². The van der Waals surface area contributed by atoms with Gasteiger partial charge in [-0.25, -0.2) is 0 Å². The highest BCUT2D eigenvalue weighted by Gasteiger charge is 2.31. The molecule has 0 aromatic rings. The lowest BCUT2D eigenvalue weighted by molar-refractivity contribution is 0.183. The Bertz CT molecular complexity index is 205. The van der Waals surface area contributed by atoms with Gasteiger partial charge in [-0.15, -0.1) is 0 Å². The Balaban J connectivity index is 1.69. The highest BCUT2D eigenvalue weighted by atomic mass is 14.9. The maximum atomic E-state index is 3.74. The number of nitrogens with one attached hydrogen (secondary N) is 2. The summed E-state index contributed by atoms with van der Waals surface area (Å²) in [4.78, 5) is 0. The molecule has 0 aromatic heterocycles. The van der Waals surface area contributed by atoms with Gasteiger partial charge in [-0.05, 0) is 69.0 Å². The first-order chi connectivity index (χ1) is 7.76. The summed E-state index contributed by atoms with van der Waals surface area (Å²) in [5.41, 5.74) is 0.592. The van der Waals surface area contributed by atoms with Crippen molar-refractivity contribution in [2.75, 3.05) is 26.2 Å². The van der Waals surface area contributed by atoms with E-state index in [0.717, 1.165) is 11.8 Å². The van der Waals surface area contributed by atoms with Gasteiger partial charge < -0.3 is 10.6 Å². The molecular weight excluding hydrogens is 196 g/mol. The van der Waals surface area contributed by atoms with Crippen LogP contribution in [0, 0.1) is 17.3 Å². The number of hydrogen-bond acceptors (Lipinski definition) is 2. The fraction of sp³-hybridized carbons (Fsp3) is 1.00. The molecule has 0 amide bonds. The molecule has 2 aliphatic rings. The van der Waals surface area contributed by atoms with Crippen molar-refractivity contribution in [1.29, 1.82) is 0 Å². The fourth-order valence-corrected chi connectivity index (χ4v) is 3.01. The zero-order chi connectivity index (χ0) is 11.4. The van der Waals surface area contributed by atoms with E-state index in [4.69, 9.17) is 0 Å². The maximum Gasteiger partial charge on any atom is 0.000877 e. The lowest BCUT2D eigenvalue weighted by Crippen LogP contribution is -2.43. The fourth-order valence-electron chi connectivity index (χ4n) is 3.01. The summed E-state index contributed by atoms with van der Waals surface area (Å²) in [7, 11) is 0. The van der Waals surface area contributed by atoms with Crippen LogP contribution in [0.15, 0.2) is 0 Å². The minimum atomic E-state index is 0.592. The molecule has 0 radical (unpaired) electrons.